The molecule has 0 fully saturated rings. The summed E-state index contributed by atoms with van der Waals surface area (Å²) in [5.41, 5.74) is 4.96. The zero-order chi connectivity index (χ0) is 14.1. The van der Waals surface area contributed by atoms with Gasteiger partial charge in [-0.15, -0.1) is 0 Å². The van der Waals surface area contributed by atoms with Crippen molar-refractivity contribution in [1.82, 2.24) is 15.7 Å². The van der Waals surface area contributed by atoms with Gasteiger partial charge in [0, 0.05) is 17.3 Å². The highest BCUT2D eigenvalue weighted by molar-refractivity contribution is 6.26. The molecule has 0 radical (unpaired) electrons. The molecule has 102 valence electrons. The molecule has 0 spiro atoms. The number of hydrazone groups is 1. The van der Waals surface area contributed by atoms with E-state index in [2.05, 4.69) is 20.8 Å². The molecule has 1 aliphatic rings. The Bertz CT molecular complexity index is 691. The zero-order valence-electron chi connectivity index (χ0n) is 11.4. The summed E-state index contributed by atoms with van der Waals surface area (Å²) in [6.45, 7) is 4.01. The number of carbonyl (C=O) groups is 1. The number of carbonyl (C=O) groups excluding carboxylic acids is 1. The third-order valence-electron chi connectivity index (χ3n) is 3.05. The average molecular weight is 268 g/mol. The first-order valence-corrected chi connectivity index (χ1v) is 6.58. The highest BCUT2D eigenvalue weighted by Gasteiger charge is 2.23. The van der Waals surface area contributed by atoms with Crippen LogP contribution in [0.25, 0.3) is 17.0 Å². The number of rotatable bonds is 2. The number of nitrogens with zero attached hydrogens (tertiary/aromatic N) is 1. The molecule has 2 aromatic rings. The Labute approximate surface area is 116 Å². The molecule has 5 nitrogen and oxygen atoms in total. The summed E-state index contributed by atoms with van der Waals surface area (Å²) in [6, 6.07) is 10.2. The fourth-order valence-corrected chi connectivity index (χ4v) is 2.18. The SMILES string of the molecule is CC(C)NC1=NNC(=O)/C1=C/c1cc2ccccc2[nH]1. The van der Waals surface area contributed by atoms with Crippen molar-refractivity contribution in [2.75, 3.05) is 0 Å². The van der Waals surface area contributed by atoms with Crippen molar-refractivity contribution in [3.63, 3.8) is 0 Å². The van der Waals surface area contributed by atoms with Gasteiger partial charge in [-0.2, -0.15) is 5.10 Å². The number of aromatic amines is 1. The second-order valence-corrected chi connectivity index (χ2v) is 5.07. The van der Waals surface area contributed by atoms with Gasteiger partial charge in [-0.05, 0) is 37.4 Å². The molecule has 0 aliphatic carbocycles. The number of amidine groups is 1. The van der Waals surface area contributed by atoms with E-state index >= 15 is 0 Å². The van der Waals surface area contributed by atoms with E-state index in [0.29, 0.717) is 11.4 Å². The minimum atomic E-state index is -0.188. The number of H-pyrrole nitrogens is 1. The third kappa shape index (κ3) is 2.30. The van der Waals surface area contributed by atoms with Crippen LogP contribution in [0.3, 0.4) is 0 Å². The van der Waals surface area contributed by atoms with E-state index in [1.807, 2.05) is 50.3 Å². The van der Waals surface area contributed by atoms with Gasteiger partial charge in [0.05, 0.1) is 5.57 Å². The van der Waals surface area contributed by atoms with Crippen LogP contribution >= 0.6 is 0 Å². The minimum Gasteiger partial charge on any atom is -0.366 e. The molecule has 3 N–H and O–H groups in total. The molecule has 0 bridgehead atoms. The van der Waals surface area contributed by atoms with Crippen LogP contribution in [0.1, 0.15) is 19.5 Å². The maximum atomic E-state index is 11.8. The lowest BCUT2D eigenvalue weighted by atomic mass is 10.1. The van der Waals surface area contributed by atoms with Crippen LogP contribution in [0.5, 0.6) is 0 Å². The van der Waals surface area contributed by atoms with Crippen LogP contribution in [-0.4, -0.2) is 22.8 Å². The van der Waals surface area contributed by atoms with Gasteiger partial charge in [-0.1, -0.05) is 18.2 Å². The number of fused-ring (bicyclic) bond motifs is 1. The van der Waals surface area contributed by atoms with Crippen molar-refractivity contribution < 1.29 is 4.79 Å². The molecule has 1 aliphatic heterocycles. The number of para-hydroxylation sites is 1. The monoisotopic (exact) mass is 268 g/mol. The second-order valence-electron chi connectivity index (χ2n) is 5.07. The van der Waals surface area contributed by atoms with Crippen molar-refractivity contribution in [3.8, 4) is 0 Å². The van der Waals surface area contributed by atoms with Gasteiger partial charge in [-0.3, -0.25) is 4.79 Å². The summed E-state index contributed by atoms with van der Waals surface area (Å²) in [7, 11) is 0. The van der Waals surface area contributed by atoms with Crippen LogP contribution in [0.4, 0.5) is 0 Å². The highest BCUT2D eigenvalue weighted by atomic mass is 16.2. The Morgan fingerprint density at radius 1 is 1.30 bits per heavy atom. The molecule has 0 saturated carbocycles. The summed E-state index contributed by atoms with van der Waals surface area (Å²) >= 11 is 0. The van der Waals surface area contributed by atoms with Crippen molar-refractivity contribution in [3.05, 3.63) is 41.6 Å². The summed E-state index contributed by atoms with van der Waals surface area (Å²) in [6.07, 6.45) is 1.82. The minimum absolute atomic E-state index is 0.188. The zero-order valence-corrected chi connectivity index (χ0v) is 11.4. The van der Waals surface area contributed by atoms with E-state index in [-0.39, 0.29) is 11.9 Å². The topological polar surface area (TPSA) is 69.3 Å². The number of nitrogens with one attached hydrogen (secondary N) is 3. The van der Waals surface area contributed by atoms with Crippen molar-refractivity contribution in [2.45, 2.75) is 19.9 Å². The first-order valence-electron chi connectivity index (χ1n) is 6.58. The Balaban J connectivity index is 1.97. The first kappa shape index (κ1) is 12.5. The van der Waals surface area contributed by atoms with Crippen LogP contribution in [-0.2, 0) is 4.79 Å². The van der Waals surface area contributed by atoms with Gasteiger partial charge in [0.2, 0.25) is 0 Å². The number of hydrogen-bond donors (Lipinski definition) is 3. The summed E-state index contributed by atoms with van der Waals surface area (Å²) in [4.78, 5) is 15.1. The Hall–Kier alpha value is -2.56. The average Bonchev–Trinajstić information content (AvgIpc) is 2.95. The lowest BCUT2D eigenvalue weighted by Crippen LogP contribution is -2.31. The molecule has 5 heteroatoms. The van der Waals surface area contributed by atoms with E-state index in [0.717, 1.165) is 16.6 Å². The number of aromatic nitrogens is 1. The number of hydrogen-bond acceptors (Lipinski definition) is 3. The first-order chi connectivity index (χ1) is 9.63. The molecule has 2 heterocycles. The van der Waals surface area contributed by atoms with Crippen molar-refractivity contribution >= 4 is 28.7 Å². The summed E-state index contributed by atoms with van der Waals surface area (Å²) in [5, 5.41) is 8.29. The van der Waals surface area contributed by atoms with E-state index in [1.165, 1.54) is 0 Å². The molecule has 3 rings (SSSR count). The molecular formula is C15H16N4O. The van der Waals surface area contributed by atoms with E-state index < -0.39 is 0 Å². The lowest BCUT2D eigenvalue weighted by Gasteiger charge is -2.08. The van der Waals surface area contributed by atoms with Crippen molar-refractivity contribution in [1.29, 1.82) is 0 Å². The quantitative estimate of drug-likeness (QED) is 0.729. The smallest absolute Gasteiger partial charge is 0.275 e. The van der Waals surface area contributed by atoms with Gasteiger partial charge in [0.15, 0.2) is 5.84 Å². The van der Waals surface area contributed by atoms with E-state index in [4.69, 9.17) is 0 Å². The Kier molecular flexibility index (Phi) is 3.02. The highest BCUT2D eigenvalue weighted by Crippen LogP contribution is 2.18. The lowest BCUT2D eigenvalue weighted by molar-refractivity contribution is -0.116. The summed E-state index contributed by atoms with van der Waals surface area (Å²) < 4.78 is 0. The molecule has 1 aromatic carbocycles. The van der Waals surface area contributed by atoms with Crippen LogP contribution in [0.2, 0.25) is 0 Å². The number of amides is 1. The van der Waals surface area contributed by atoms with E-state index in [9.17, 15) is 4.79 Å². The predicted octanol–water partition coefficient (Wildman–Crippen LogP) is 1.99. The van der Waals surface area contributed by atoms with E-state index in [1.54, 1.807) is 0 Å². The maximum absolute atomic E-state index is 11.8. The third-order valence-corrected chi connectivity index (χ3v) is 3.05. The van der Waals surface area contributed by atoms with Gasteiger partial charge in [-0.25, -0.2) is 5.43 Å². The molecule has 0 saturated heterocycles. The Morgan fingerprint density at radius 2 is 2.10 bits per heavy atom. The van der Waals surface area contributed by atoms with Crippen LogP contribution in [0.15, 0.2) is 41.0 Å². The standard InChI is InChI=1S/C15H16N4O/c1-9(2)16-14-12(15(20)19-18-14)8-11-7-10-5-3-4-6-13(10)17-11/h3-9,17H,1-2H3,(H,16,18)(H,19,20)/b12-8+. The predicted molar refractivity (Wildman–Crippen MR) is 80.1 cm³/mol. The Morgan fingerprint density at radius 3 is 2.85 bits per heavy atom. The normalized spacial score (nSPS) is 16.9. The molecule has 0 atom stereocenters. The fraction of sp³-hybridized carbons (Fsp3) is 0.200. The van der Waals surface area contributed by atoms with Gasteiger partial charge in [0.1, 0.15) is 0 Å². The van der Waals surface area contributed by atoms with Crippen LogP contribution in [0, 0.1) is 0 Å². The van der Waals surface area contributed by atoms with Gasteiger partial charge in [0.25, 0.3) is 5.91 Å². The van der Waals surface area contributed by atoms with Crippen LogP contribution < -0.4 is 10.7 Å². The molecular weight excluding hydrogens is 252 g/mol. The molecule has 1 amide bonds. The molecule has 1 aromatic heterocycles. The largest absolute Gasteiger partial charge is 0.366 e. The molecule has 20 heavy (non-hydrogen) atoms. The fourth-order valence-electron chi connectivity index (χ4n) is 2.18. The second kappa shape index (κ2) is 4.85. The molecule has 0 unspecified atom stereocenters. The van der Waals surface area contributed by atoms with Crippen molar-refractivity contribution in [2.24, 2.45) is 5.10 Å². The summed E-state index contributed by atoms with van der Waals surface area (Å²) in [5.74, 6) is 0.399. The maximum Gasteiger partial charge on any atom is 0.275 e. The van der Waals surface area contributed by atoms with Gasteiger partial charge >= 0.3 is 0 Å². The van der Waals surface area contributed by atoms with Gasteiger partial charge < -0.3 is 10.3 Å². The number of benzene rings is 1.